The van der Waals surface area contributed by atoms with Gasteiger partial charge in [0.15, 0.2) is 0 Å². The van der Waals surface area contributed by atoms with Crippen LogP contribution in [0.2, 0.25) is 0 Å². The summed E-state index contributed by atoms with van der Waals surface area (Å²) in [5.74, 6) is -1.09. The van der Waals surface area contributed by atoms with Crippen molar-refractivity contribution in [1.29, 1.82) is 0 Å². The number of thioether (sulfide) groups is 1. The Kier molecular flexibility index (Phi) is 6.73. The van der Waals surface area contributed by atoms with Crippen molar-refractivity contribution in [2.24, 2.45) is 17.1 Å². The number of fused-ring (bicyclic) bond motifs is 2. The Labute approximate surface area is 152 Å². The highest BCUT2D eigenvalue weighted by Crippen LogP contribution is 2.58. The first kappa shape index (κ1) is 20.0. The van der Waals surface area contributed by atoms with Gasteiger partial charge in [-0.25, -0.2) is 4.79 Å². The molecule has 0 aromatic rings. The topological polar surface area (TPSA) is 119 Å². The second-order valence-corrected chi connectivity index (χ2v) is 8.65. The molecule has 2 saturated carbocycles. The second-order valence-electron chi connectivity index (χ2n) is 7.27. The van der Waals surface area contributed by atoms with Gasteiger partial charge in [0.05, 0.1) is 19.6 Å². The number of carbonyl (C=O) groups is 3. The van der Waals surface area contributed by atoms with E-state index in [-0.39, 0.29) is 0 Å². The predicted octanol–water partition coefficient (Wildman–Crippen LogP) is 1.15. The molecule has 3 atom stereocenters. The summed E-state index contributed by atoms with van der Waals surface area (Å²) in [5, 5.41) is 11.7. The van der Waals surface area contributed by atoms with Crippen molar-refractivity contribution in [2.45, 2.75) is 62.8 Å². The molecule has 2 aliphatic rings. The van der Waals surface area contributed by atoms with Crippen molar-refractivity contribution in [1.82, 2.24) is 5.32 Å². The van der Waals surface area contributed by atoms with E-state index in [9.17, 15) is 14.4 Å². The maximum absolute atomic E-state index is 12.0. The van der Waals surface area contributed by atoms with Gasteiger partial charge in [-0.15, -0.1) is 0 Å². The zero-order chi connectivity index (χ0) is 18.6. The molecular weight excluding hydrogens is 344 g/mol. The minimum Gasteiger partial charge on any atom is -0.481 e. The number of ether oxygens (including phenoxy) is 1. The largest absolute Gasteiger partial charge is 0.481 e. The molecule has 2 rings (SSSR count). The van der Waals surface area contributed by atoms with E-state index in [2.05, 4.69) is 12.2 Å². The summed E-state index contributed by atoms with van der Waals surface area (Å²) in [5.41, 5.74) is 5.92. The molecule has 8 heteroatoms. The average Bonchev–Trinajstić information content (AvgIpc) is 3.19. The number of hydrogen-bond donors (Lipinski definition) is 3. The predicted molar refractivity (Wildman–Crippen MR) is 95.1 cm³/mol. The van der Waals surface area contributed by atoms with Crippen LogP contribution in [-0.2, 0) is 19.1 Å². The molecular formula is C17H28N2O5S. The third-order valence-corrected chi connectivity index (χ3v) is 7.23. The van der Waals surface area contributed by atoms with Crippen molar-refractivity contribution >= 4 is 29.6 Å². The lowest BCUT2D eigenvalue weighted by Crippen LogP contribution is -2.50. The van der Waals surface area contributed by atoms with Crippen molar-refractivity contribution in [3.63, 3.8) is 0 Å². The smallest absolute Gasteiger partial charge is 0.329 e. The van der Waals surface area contributed by atoms with E-state index in [1.807, 2.05) is 0 Å². The molecule has 0 saturated heterocycles. The Balaban J connectivity index is 1.90. The van der Waals surface area contributed by atoms with Crippen molar-refractivity contribution in [3.05, 3.63) is 0 Å². The highest BCUT2D eigenvalue weighted by molar-refractivity contribution is 8.00. The van der Waals surface area contributed by atoms with Gasteiger partial charge in [-0.1, -0.05) is 6.92 Å². The van der Waals surface area contributed by atoms with Gasteiger partial charge in [-0.05, 0) is 43.4 Å². The van der Waals surface area contributed by atoms with Crippen LogP contribution in [0.3, 0.4) is 0 Å². The Morgan fingerprint density at radius 1 is 1.36 bits per heavy atom. The monoisotopic (exact) mass is 372 g/mol. The van der Waals surface area contributed by atoms with Crippen LogP contribution in [-0.4, -0.2) is 53.1 Å². The van der Waals surface area contributed by atoms with Crippen LogP contribution in [0.25, 0.3) is 0 Å². The van der Waals surface area contributed by atoms with Gasteiger partial charge >= 0.3 is 11.9 Å². The SMILES string of the molecule is COC(=O)[C@H](CSC(C)C12CCC(CC1)C2)NC(=O)[C@@H](N)CC(=O)O. The minimum atomic E-state index is -1.18. The molecule has 142 valence electrons. The van der Waals surface area contributed by atoms with Crippen molar-refractivity contribution in [2.75, 3.05) is 12.9 Å². The number of carbonyl (C=O) groups excluding carboxylic acids is 2. The summed E-state index contributed by atoms with van der Waals surface area (Å²) in [6, 6.07) is -2.00. The van der Waals surface area contributed by atoms with E-state index in [4.69, 9.17) is 15.6 Å². The van der Waals surface area contributed by atoms with E-state index < -0.39 is 36.4 Å². The number of aliphatic carboxylic acids is 1. The number of carboxylic acids is 1. The molecule has 0 aromatic carbocycles. The van der Waals surface area contributed by atoms with E-state index in [1.54, 1.807) is 11.8 Å². The van der Waals surface area contributed by atoms with Gasteiger partial charge in [0.2, 0.25) is 5.91 Å². The minimum absolute atomic E-state index is 0.361. The maximum Gasteiger partial charge on any atom is 0.329 e. The Hall–Kier alpha value is -1.28. The Morgan fingerprint density at radius 2 is 2.00 bits per heavy atom. The third-order valence-electron chi connectivity index (χ3n) is 5.70. The van der Waals surface area contributed by atoms with Gasteiger partial charge < -0.3 is 20.9 Å². The fourth-order valence-corrected chi connectivity index (χ4v) is 5.48. The lowest BCUT2D eigenvalue weighted by molar-refractivity contribution is -0.144. The molecule has 1 amide bonds. The normalized spacial score (nSPS) is 28.2. The standard InChI is InChI=1S/C17H28N2O5S/c1-10(17-5-3-11(8-17)4-6-17)25-9-13(16(23)24-2)19-15(22)12(18)7-14(20)21/h10-13H,3-9,18H2,1-2H3,(H,19,22)(H,20,21)/t10?,11?,12-,13-,17?/m0/s1. The fourth-order valence-electron chi connectivity index (χ4n) is 4.10. The van der Waals surface area contributed by atoms with Crippen LogP contribution in [0.5, 0.6) is 0 Å². The number of hydrogen-bond acceptors (Lipinski definition) is 6. The molecule has 1 unspecified atom stereocenters. The number of carboxylic acid groups (broad SMARTS) is 1. The highest BCUT2D eigenvalue weighted by atomic mass is 32.2. The molecule has 0 heterocycles. The van der Waals surface area contributed by atoms with Crippen molar-refractivity contribution in [3.8, 4) is 0 Å². The zero-order valence-corrected chi connectivity index (χ0v) is 15.6. The molecule has 4 N–H and O–H groups in total. The Morgan fingerprint density at radius 3 is 2.48 bits per heavy atom. The van der Waals surface area contributed by atoms with Gasteiger partial charge in [0, 0.05) is 11.0 Å². The van der Waals surface area contributed by atoms with Crippen molar-refractivity contribution < 1.29 is 24.2 Å². The molecule has 25 heavy (non-hydrogen) atoms. The molecule has 0 aliphatic heterocycles. The van der Waals surface area contributed by atoms with Crippen LogP contribution >= 0.6 is 11.8 Å². The van der Waals surface area contributed by atoms with E-state index in [0.29, 0.717) is 16.4 Å². The molecule has 0 aromatic heterocycles. The van der Waals surface area contributed by atoms with Crippen LogP contribution in [0.1, 0.15) is 45.4 Å². The average molecular weight is 372 g/mol. The van der Waals surface area contributed by atoms with E-state index in [1.165, 1.54) is 39.2 Å². The number of methoxy groups -OCH3 is 1. The second kappa shape index (κ2) is 8.40. The summed E-state index contributed by atoms with van der Waals surface area (Å²) in [4.78, 5) is 34.7. The Bertz CT molecular complexity index is 519. The van der Waals surface area contributed by atoms with Gasteiger partial charge in [-0.2, -0.15) is 11.8 Å². The summed E-state index contributed by atoms with van der Waals surface area (Å²) in [6.07, 6.45) is 5.86. The maximum atomic E-state index is 12.0. The molecule has 2 fully saturated rings. The van der Waals surface area contributed by atoms with Gasteiger partial charge in [-0.3, -0.25) is 9.59 Å². The van der Waals surface area contributed by atoms with Gasteiger partial charge in [0.25, 0.3) is 0 Å². The van der Waals surface area contributed by atoms with Crippen LogP contribution in [0.4, 0.5) is 0 Å². The fraction of sp³-hybridized carbons (Fsp3) is 0.824. The zero-order valence-electron chi connectivity index (χ0n) is 14.8. The number of rotatable bonds is 9. The molecule has 7 nitrogen and oxygen atoms in total. The lowest BCUT2D eigenvalue weighted by atomic mass is 9.81. The highest BCUT2D eigenvalue weighted by Gasteiger charge is 2.48. The first-order chi connectivity index (χ1) is 11.8. The summed E-state index contributed by atoms with van der Waals surface area (Å²) >= 11 is 1.67. The quantitative estimate of drug-likeness (QED) is 0.519. The molecule has 2 bridgehead atoms. The summed E-state index contributed by atoms with van der Waals surface area (Å²) < 4.78 is 4.77. The lowest BCUT2D eigenvalue weighted by Gasteiger charge is -2.34. The molecule has 2 aliphatic carbocycles. The summed E-state index contributed by atoms with van der Waals surface area (Å²) in [7, 11) is 1.27. The number of amides is 1. The van der Waals surface area contributed by atoms with Crippen LogP contribution in [0.15, 0.2) is 0 Å². The van der Waals surface area contributed by atoms with Crippen LogP contribution < -0.4 is 11.1 Å². The number of nitrogens with one attached hydrogen (secondary N) is 1. The van der Waals surface area contributed by atoms with Gasteiger partial charge in [0.1, 0.15) is 6.04 Å². The third kappa shape index (κ3) is 4.88. The van der Waals surface area contributed by atoms with Crippen LogP contribution in [0, 0.1) is 11.3 Å². The van der Waals surface area contributed by atoms with E-state index >= 15 is 0 Å². The summed E-state index contributed by atoms with van der Waals surface area (Å²) in [6.45, 7) is 2.20. The molecule has 0 spiro atoms. The first-order valence-corrected chi connectivity index (χ1v) is 9.79. The van der Waals surface area contributed by atoms with E-state index in [0.717, 1.165) is 5.92 Å². The first-order valence-electron chi connectivity index (χ1n) is 8.74. The number of nitrogens with two attached hydrogens (primary N) is 1. The molecule has 0 radical (unpaired) electrons. The number of esters is 1.